The molecule has 5 nitrogen and oxygen atoms in total. The first-order valence-electron chi connectivity index (χ1n) is 9.53. The second kappa shape index (κ2) is 8.71. The lowest BCUT2D eigenvalue weighted by atomic mass is 10.1. The summed E-state index contributed by atoms with van der Waals surface area (Å²) < 4.78 is 0. The lowest BCUT2D eigenvalue weighted by Gasteiger charge is -2.17. The molecule has 0 atom stereocenters. The first kappa shape index (κ1) is 19.0. The molecule has 27 heavy (non-hydrogen) atoms. The van der Waals surface area contributed by atoms with E-state index >= 15 is 0 Å². The molecule has 0 radical (unpaired) electrons. The minimum absolute atomic E-state index is 0.433. The first-order valence-corrected chi connectivity index (χ1v) is 9.53. The number of rotatable bonds is 5. The fourth-order valence-corrected chi connectivity index (χ4v) is 3.30. The third kappa shape index (κ3) is 5.09. The van der Waals surface area contributed by atoms with Gasteiger partial charge in [-0.3, -0.25) is 9.59 Å². The third-order valence-electron chi connectivity index (χ3n) is 4.95. The van der Waals surface area contributed by atoms with Gasteiger partial charge >= 0.3 is 11.8 Å². The average Bonchev–Trinajstić information content (AvgIpc) is 3.20. The van der Waals surface area contributed by atoms with Gasteiger partial charge in [-0.25, -0.2) is 0 Å². The highest BCUT2D eigenvalue weighted by Crippen LogP contribution is 2.20. The van der Waals surface area contributed by atoms with Crippen molar-refractivity contribution in [2.45, 2.75) is 33.1 Å². The zero-order valence-electron chi connectivity index (χ0n) is 16.0. The van der Waals surface area contributed by atoms with Crippen LogP contribution >= 0.6 is 0 Å². The van der Waals surface area contributed by atoms with Crippen LogP contribution in [0.5, 0.6) is 0 Å². The molecule has 5 heteroatoms. The van der Waals surface area contributed by atoms with Crippen molar-refractivity contribution in [1.29, 1.82) is 0 Å². The second-order valence-electron chi connectivity index (χ2n) is 7.14. The molecule has 142 valence electrons. The zero-order chi connectivity index (χ0) is 19.2. The van der Waals surface area contributed by atoms with Crippen LogP contribution in [0.1, 0.15) is 29.5 Å². The molecule has 1 aliphatic rings. The highest BCUT2D eigenvalue weighted by molar-refractivity contribution is 6.39. The second-order valence-corrected chi connectivity index (χ2v) is 7.14. The molecule has 0 bridgehead atoms. The van der Waals surface area contributed by atoms with Crippen LogP contribution in [0.25, 0.3) is 0 Å². The van der Waals surface area contributed by atoms with Gasteiger partial charge in [0.2, 0.25) is 0 Å². The topological polar surface area (TPSA) is 61.4 Å². The molecule has 2 aromatic carbocycles. The van der Waals surface area contributed by atoms with Crippen LogP contribution < -0.4 is 15.5 Å². The quantitative estimate of drug-likeness (QED) is 0.800. The number of carbonyl (C=O) groups excluding carboxylic acids is 2. The Labute approximate surface area is 160 Å². The predicted molar refractivity (Wildman–Crippen MR) is 109 cm³/mol. The van der Waals surface area contributed by atoms with Crippen LogP contribution in [-0.4, -0.2) is 31.4 Å². The van der Waals surface area contributed by atoms with E-state index in [1.165, 1.54) is 18.5 Å². The van der Waals surface area contributed by atoms with Gasteiger partial charge in [-0.1, -0.05) is 24.3 Å². The molecule has 2 N–H and O–H groups in total. The fourth-order valence-electron chi connectivity index (χ4n) is 3.30. The van der Waals surface area contributed by atoms with Gasteiger partial charge in [-0.2, -0.15) is 0 Å². The Balaban J connectivity index is 1.46. The number of hydrogen-bond donors (Lipinski definition) is 2. The molecule has 0 spiro atoms. The highest BCUT2D eigenvalue weighted by Gasteiger charge is 2.15. The maximum Gasteiger partial charge on any atom is 0.313 e. The van der Waals surface area contributed by atoms with E-state index < -0.39 is 11.8 Å². The van der Waals surface area contributed by atoms with E-state index in [2.05, 4.69) is 39.8 Å². The maximum absolute atomic E-state index is 12.1. The van der Waals surface area contributed by atoms with Crippen molar-refractivity contribution >= 4 is 23.2 Å². The third-order valence-corrected chi connectivity index (χ3v) is 4.95. The van der Waals surface area contributed by atoms with Crippen molar-refractivity contribution in [3.63, 3.8) is 0 Å². The summed E-state index contributed by atoms with van der Waals surface area (Å²) in [6.07, 6.45) is 3.22. The summed E-state index contributed by atoms with van der Waals surface area (Å²) in [5.41, 5.74) is 5.04. The summed E-state index contributed by atoms with van der Waals surface area (Å²) in [7, 11) is 0. The molecule has 3 rings (SSSR count). The van der Waals surface area contributed by atoms with Gasteiger partial charge in [0.15, 0.2) is 0 Å². The van der Waals surface area contributed by atoms with E-state index in [1.807, 2.05) is 32.0 Å². The molecular formula is C22H27N3O2. The summed E-state index contributed by atoms with van der Waals surface area (Å²) in [4.78, 5) is 26.5. The monoisotopic (exact) mass is 365 g/mol. The fraction of sp³-hybridized carbons (Fsp3) is 0.364. The standard InChI is InChI=1S/C22H27N3O2/c1-16-5-6-17(2)20(15-16)24-22(27)21(26)23-12-11-18-7-9-19(10-8-18)25-13-3-4-14-25/h5-10,15H,3-4,11-14H2,1-2H3,(H,23,26)(H,24,27). The summed E-state index contributed by atoms with van der Waals surface area (Å²) in [6, 6.07) is 14.2. The van der Waals surface area contributed by atoms with Crippen molar-refractivity contribution < 1.29 is 9.59 Å². The van der Waals surface area contributed by atoms with Gasteiger partial charge in [0.25, 0.3) is 0 Å². The Morgan fingerprint density at radius 2 is 1.67 bits per heavy atom. The van der Waals surface area contributed by atoms with E-state index in [0.29, 0.717) is 18.7 Å². The van der Waals surface area contributed by atoms with Crippen LogP contribution in [0.15, 0.2) is 42.5 Å². The van der Waals surface area contributed by atoms with Crippen LogP contribution in [0, 0.1) is 13.8 Å². The minimum Gasteiger partial charge on any atom is -0.372 e. The Bertz CT molecular complexity index is 809. The van der Waals surface area contributed by atoms with Crippen molar-refractivity contribution in [3.8, 4) is 0 Å². The number of benzene rings is 2. The highest BCUT2D eigenvalue weighted by atomic mass is 16.2. The number of carbonyl (C=O) groups is 2. The summed E-state index contributed by atoms with van der Waals surface area (Å²) in [5.74, 6) is -1.24. The van der Waals surface area contributed by atoms with Gasteiger partial charge in [-0.15, -0.1) is 0 Å². The van der Waals surface area contributed by atoms with E-state index in [-0.39, 0.29) is 0 Å². The number of aryl methyl sites for hydroxylation is 2. The molecule has 1 saturated heterocycles. The summed E-state index contributed by atoms with van der Waals surface area (Å²) in [6.45, 7) is 6.54. The molecule has 2 aromatic rings. The van der Waals surface area contributed by atoms with Crippen molar-refractivity contribution in [2.24, 2.45) is 0 Å². The largest absolute Gasteiger partial charge is 0.372 e. The predicted octanol–water partition coefficient (Wildman–Crippen LogP) is 3.20. The first-order chi connectivity index (χ1) is 13.0. The zero-order valence-corrected chi connectivity index (χ0v) is 16.0. The van der Waals surface area contributed by atoms with Crippen molar-refractivity contribution in [1.82, 2.24) is 5.32 Å². The minimum atomic E-state index is -0.631. The van der Waals surface area contributed by atoms with Gasteiger partial charge in [0.1, 0.15) is 0 Å². The van der Waals surface area contributed by atoms with Gasteiger partial charge in [-0.05, 0) is 68.0 Å². The lowest BCUT2D eigenvalue weighted by Crippen LogP contribution is -2.36. The smallest absolute Gasteiger partial charge is 0.313 e. The molecule has 0 aromatic heterocycles. The molecular weight excluding hydrogens is 338 g/mol. The average molecular weight is 365 g/mol. The van der Waals surface area contributed by atoms with Crippen molar-refractivity contribution in [2.75, 3.05) is 29.9 Å². The number of nitrogens with one attached hydrogen (secondary N) is 2. The number of anilines is 2. The van der Waals surface area contributed by atoms with E-state index in [4.69, 9.17) is 0 Å². The number of nitrogens with zero attached hydrogens (tertiary/aromatic N) is 1. The van der Waals surface area contributed by atoms with E-state index in [0.717, 1.165) is 29.8 Å². The summed E-state index contributed by atoms with van der Waals surface area (Å²) >= 11 is 0. The summed E-state index contributed by atoms with van der Waals surface area (Å²) in [5, 5.41) is 5.38. The molecule has 2 amide bonds. The van der Waals surface area contributed by atoms with Gasteiger partial charge in [0.05, 0.1) is 0 Å². The van der Waals surface area contributed by atoms with Crippen LogP contribution in [-0.2, 0) is 16.0 Å². The maximum atomic E-state index is 12.1. The molecule has 1 heterocycles. The van der Waals surface area contributed by atoms with E-state index in [1.54, 1.807) is 0 Å². The normalized spacial score (nSPS) is 13.5. The lowest BCUT2D eigenvalue weighted by molar-refractivity contribution is -0.136. The SMILES string of the molecule is Cc1ccc(C)c(NC(=O)C(=O)NCCc2ccc(N3CCCC3)cc2)c1. The molecule has 0 unspecified atom stereocenters. The Hall–Kier alpha value is -2.82. The molecule has 0 saturated carbocycles. The Morgan fingerprint density at radius 1 is 0.963 bits per heavy atom. The molecule has 1 aliphatic heterocycles. The van der Waals surface area contributed by atoms with Crippen molar-refractivity contribution in [3.05, 3.63) is 59.2 Å². The Kier molecular flexibility index (Phi) is 6.12. The van der Waals surface area contributed by atoms with Gasteiger partial charge in [0, 0.05) is 31.0 Å². The molecule has 1 fully saturated rings. The Morgan fingerprint density at radius 3 is 2.37 bits per heavy atom. The van der Waals surface area contributed by atoms with Crippen LogP contribution in [0.2, 0.25) is 0 Å². The number of hydrogen-bond acceptors (Lipinski definition) is 3. The van der Waals surface area contributed by atoms with Crippen LogP contribution in [0.3, 0.4) is 0 Å². The molecule has 0 aliphatic carbocycles. The van der Waals surface area contributed by atoms with Crippen LogP contribution in [0.4, 0.5) is 11.4 Å². The van der Waals surface area contributed by atoms with E-state index in [9.17, 15) is 9.59 Å². The number of amides is 2. The van der Waals surface area contributed by atoms with Gasteiger partial charge < -0.3 is 15.5 Å².